The molecular weight excluding hydrogens is 525 g/mol. The Balaban J connectivity index is 1.83. The number of aliphatic hydroxyl groups excluding tert-OH is 1. The molecule has 204 valence electrons. The van der Waals surface area contributed by atoms with Crippen LogP contribution in [-0.4, -0.2) is 62.8 Å². The first-order valence-corrected chi connectivity index (χ1v) is 13.6. The highest BCUT2D eigenvalue weighted by molar-refractivity contribution is 7.71. The van der Waals surface area contributed by atoms with Crippen LogP contribution in [0.5, 0.6) is 5.75 Å². The summed E-state index contributed by atoms with van der Waals surface area (Å²) in [5.41, 5.74) is -2.07. The van der Waals surface area contributed by atoms with E-state index in [1.54, 1.807) is 44.2 Å². The normalized spacial score (nSPS) is 26.0. The van der Waals surface area contributed by atoms with Gasteiger partial charge in [0.25, 0.3) is 5.56 Å². The lowest BCUT2D eigenvalue weighted by Crippen LogP contribution is -2.42. The van der Waals surface area contributed by atoms with Crippen LogP contribution in [0.4, 0.5) is 0 Å². The van der Waals surface area contributed by atoms with Crippen molar-refractivity contribution in [3.63, 3.8) is 0 Å². The molecule has 0 spiro atoms. The number of benzene rings is 1. The highest BCUT2D eigenvalue weighted by Crippen LogP contribution is 2.48. The summed E-state index contributed by atoms with van der Waals surface area (Å²) >= 11 is 5.19. The minimum Gasteiger partial charge on any atom is -0.462 e. The van der Waals surface area contributed by atoms with Gasteiger partial charge in [0.05, 0.1) is 25.4 Å². The molecule has 0 radical (unpaired) electrons. The SMILES string of the molecule is CC(C)OC(=O)[C@H](C)NP(=O)(OC[C@H]1O[C@@H](n2ccc(=O)[nH]c2=S)C(C)(O)C1CO)Oc1ccccc1. The minimum absolute atomic E-state index is 0.00766. The van der Waals surface area contributed by atoms with Gasteiger partial charge in [-0.2, -0.15) is 5.09 Å². The summed E-state index contributed by atoms with van der Waals surface area (Å²) in [7, 11) is -4.20. The van der Waals surface area contributed by atoms with Crippen LogP contribution >= 0.6 is 20.0 Å². The number of carbonyl (C=O) groups is 1. The first-order chi connectivity index (χ1) is 17.4. The highest BCUT2D eigenvalue weighted by Gasteiger charge is 2.54. The molecular formula is C23H32N3O9PS. The fraction of sp³-hybridized carbons (Fsp3) is 0.522. The van der Waals surface area contributed by atoms with Gasteiger partial charge in [0.15, 0.2) is 11.0 Å². The number of carbonyl (C=O) groups excluding carboxylic acids is 1. The molecule has 1 saturated heterocycles. The average molecular weight is 558 g/mol. The number of aromatic amines is 1. The molecule has 6 atom stereocenters. The van der Waals surface area contributed by atoms with E-state index in [0.29, 0.717) is 0 Å². The smallest absolute Gasteiger partial charge is 0.459 e. The fourth-order valence-corrected chi connectivity index (χ4v) is 5.64. The third-order valence-corrected chi connectivity index (χ3v) is 7.69. The molecule has 0 aliphatic carbocycles. The van der Waals surface area contributed by atoms with Gasteiger partial charge in [0.2, 0.25) is 0 Å². The standard InChI is InChI=1S/C23H32N3O9PS/c1-14(2)33-20(29)15(3)25-36(31,35-16-8-6-5-7-9-16)32-13-18-17(12-27)23(4,30)21(34-18)26-11-10-19(28)24-22(26)37/h5-11,14-15,17-18,21,27,30H,12-13H2,1-4H3,(H,25,31)(H,24,28,37)/t15-,17?,18+,21+,23?,36?/m0/s1. The van der Waals surface area contributed by atoms with E-state index in [1.807, 2.05) is 0 Å². The van der Waals surface area contributed by atoms with Crippen molar-refractivity contribution < 1.29 is 38.1 Å². The Bertz CT molecular complexity index is 1230. The number of ether oxygens (including phenoxy) is 2. The zero-order valence-corrected chi connectivity index (χ0v) is 22.6. The summed E-state index contributed by atoms with van der Waals surface area (Å²) in [6.07, 6.45) is -1.08. The van der Waals surface area contributed by atoms with E-state index >= 15 is 0 Å². The van der Waals surface area contributed by atoms with Crippen LogP contribution in [0.3, 0.4) is 0 Å². The molecule has 12 nitrogen and oxygen atoms in total. The molecule has 1 aliphatic rings. The number of H-pyrrole nitrogens is 1. The Morgan fingerprint density at radius 2 is 1.97 bits per heavy atom. The van der Waals surface area contributed by atoms with E-state index in [2.05, 4.69) is 10.1 Å². The van der Waals surface area contributed by atoms with E-state index in [9.17, 15) is 24.4 Å². The Morgan fingerprint density at radius 1 is 1.30 bits per heavy atom. The molecule has 1 aromatic heterocycles. The summed E-state index contributed by atoms with van der Waals surface area (Å²) in [4.78, 5) is 26.4. The van der Waals surface area contributed by atoms with E-state index in [-0.39, 0.29) is 16.6 Å². The Hall–Kier alpha value is -2.38. The van der Waals surface area contributed by atoms with E-state index in [0.717, 1.165) is 0 Å². The number of hydrogen-bond donors (Lipinski definition) is 4. The predicted molar refractivity (Wildman–Crippen MR) is 135 cm³/mol. The van der Waals surface area contributed by atoms with Crippen LogP contribution < -0.4 is 15.2 Å². The van der Waals surface area contributed by atoms with Crippen molar-refractivity contribution in [1.29, 1.82) is 0 Å². The van der Waals surface area contributed by atoms with Gasteiger partial charge in [0, 0.05) is 18.2 Å². The molecule has 0 saturated carbocycles. The molecule has 0 bridgehead atoms. The number of esters is 1. The maximum Gasteiger partial charge on any atom is 0.459 e. The van der Waals surface area contributed by atoms with Gasteiger partial charge < -0.3 is 24.2 Å². The Morgan fingerprint density at radius 3 is 2.57 bits per heavy atom. The third kappa shape index (κ3) is 7.14. The summed E-state index contributed by atoms with van der Waals surface area (Å²) in [5, 5.41) is 23.8. The first-order valence-electron chi connectivity index (χ1n) is 11.6. The number of para-hydroxylation sites is 1. The van der Waals surface area contributed by atoms with Crippen LogP contribution in [0.1, 0.15) is 33.9 Å². The molecule has 3 unspecified atom stereocenters. The number of rotatable bonds is 11. The maximum absolute atomic E-state index is 13.7. The van der Waals surface area contributed by atoms with Crippen LogP contribution in [0, 0.1) is 10.7 Å². The summed E-state index contributed by atoms with van der Waals surface area (Å²) in [6, 6.07) is 8.39. The van der Waals surface area contributed by atoms with Gasteiger partial charge in [-0.3, -0.25) is 23.7 Å². The number of nitrogens with zero attached hydrogens (tertiary/aromatic N) is 1. The van der Waals surface area contributed by atoms with Crippen LogP contribution in [0.2, 0.25) is 0 Å². The quantitative estimate of drug-likeness (QED) is 0.182. The van der Waals surface area contributed by atoms with Crippen LogP contribution in [0.15, 0.2) is 47.4 Å². The summed E-state index contributed by atoms with van der Waals surface area (Å²) in [5.74, 6) is -1.32. The van der Waals surface area contributed by atoms with Gasteiger partial charge in [-0.05, 0) is 52.0 Å². The van der Waals surface area contributed by atoms with E-state index < -0.39 is 62.4 Å². The third-order valence-electron chi connectivity index (χ3n) is 5.74. The molecule has 3 rings (SSSR count). The van der Waals surface area contributed by atoms with Crippen molar-refractivity contribution in [2.75, 3.05) is 13.2 Å². The van der Waals surface area contributed by atoms with Gasteiger partial charge in [0.1, 0.15) is 17.4 Å². The lowest BCUT2D eigenvalue weighted by Gasteiger charge is -2.30. The van der Waals surface area contributed by atoms with Crippen molar-refractivity contribution >= 4 is 25.9 Å². The monoisotopic (exact) mass is 557 g/mol. The second-order valence-corrected chi connectivity index (χ2v) is 11.2. The van der Waals surface area contributed by atoms with Crippen molar-refractivity contribution in [1.82, 2.24) is 14.6 Å². The van der Waals surface area contributed by atoms with Crippen LogP contribution in [0.25, 0.3) is 0 Å². The Kier molecular flexibility index (Phi) is 9.46. The number of aromatic nitrogens is 2. The second-order valence-electron chi connectivity index (χ2n) is 9.09. The molecule has 2 aromatic rings. The number of hydrogen-bond acceptors (Lipinski definition) is 10. The molecule has 14 heteroatoms. The van der Waals surface area contributed by atoms with Gasteiger partial charge >= 0.3 is 13.7 Å². The molecule has 1 aromatic carbocycles. The average Bonchev–Trinajstić information content (AvgIpc) is 3.07. The number of aliphatic hydroxyl groups is 2. The molecule has 4 N–H and O–H groups in total. The molecule has 37 heavy (non-hydrogen) atoms. The van der Waals surface area contributed by atoms with E-state index in [4.69, 9.17) is 30.7 Å². The topological polar surface area (TPSA) is 161 Å². The van der Waals surface area contributed by atoms with Crippen molar-refractivity contribution in [2.45, 2.75) is 57.8 Å². The highest BCUT2D eigenvalue weighted by atomic mass is 32.1. The van der Waals surface area contributed by atoms with Gasteiger partial charge in [-0.1, -0.05) is 18.2 Å². The minimum atomic E-state index is -4.20. The Labute approximate surface area is 219 Å². The molecule has 1 fully saturated rings. The van der Waals surface area contributed by atoms with Crippen LogP contribution in [-0.2, 0) is 23.4 Å². The zero-order valence-electron chi connectivity index (χ0n) is 20.9. The van der Waals surface area contributed by atoms with E-state index in [1.165, 1.54) is 30.7 Å². The fourth-order valence-electron chi connectivity index (χ4n) is 3.88. The van der Waals surface area contributed by atoms with Crippen molar-refractivity contribution in [3.05, 3.63) is 57.7 Å². The zero-order chi connectivity index (χ0) is 27.4. The molecule has 0 amide bonds. The molecule has 1 aliphatic heterocycles. The largest absolute Gasteiger partial charge is 0.462 e. The predicted octanol–water partition coefficient (Wildman–Crippen LogP) is 2.30. The van der Waals surface area contributed by atoms with Crippen molar-refractivity contribution in [2.24, 2.45) is 5.92 Å². The van der Waals surface area contributed by atoms with Crippen molar-refractivity contribution in [3.8, 4) is 5.75 Å². The van der Waals surface area contributed by atoms with Gasteiger partial charge in [-0.25, -0.2) is 4.57 Å². The lowest BCUT2D eigenvalue weighted by molar-refractivity contribution is -0.149. The first kappa shape index (κ1) is 29.2. The lowest BCUT2D eigenvalue weighted by atomic mass is 9.87. The maximum atomic E-state index is 13.7. The van der Waals surface area contributed by atoms with Gasteiger partial charge in [-0.15, -0.1) is 0 Å². The number of nitrogens with one attached hydrogen (secondary N) is 2. The molecule has 2 heterocycles. The second kappa shape index (κ2) is 12.0. The summed E-state index contributed by atoms with van der Waals surface area (Å²) < 4.78 is 37.5. The summed E-state index contributed by atoms with van der Waals surface area (Å²) in [6.45, 7) is 5.39.